The summed E-state index contributed by atoms with van der Waals surface area (Å²) in [5, 5.41) is 2.85. The van der Waals surface area contributed by atoms with Crippen LogP contribution in [0, 0.1) is 0 Å². The molecule has 0 radical (unpaired) electrons. The normalized spacial score (nSPS) is 20.2. The van der Waals surface area contributed by atoms with Crippen LogP contribution in [0.4, 0.5) is 0 Å². The number of nitrogens with one attached hydrogen (secondary N) is 1. The molecule has 0 bridgehead atoms. The van der Waals surface area contributed by atoms with Crippen molar-refractivity contribution in [2.75, 3.05) is 6.54 Å². The van der Waals surface area contributed by atoms with Gasteiger partial charge in [-0.25, -0.2) is 0 Å². The second kappa shape index (κ2) is 7.17. The van der Waals surface area contributed by atoms with Gasteiger partial charge in [0, 0.05) is 6.54 Å². The Morgan fingerprint density at radius 2 is 2.29 bits per heavy atom. The molecule has 1 aliphatic heterocycles. The van der Waals surface area contributed by atoms with Gasteiger partial charge in [-0.05, 0) is 45.2 Å². The lowest BCUT2D eigenvalue weighted by atomic mass is 10.1. The summed E-state index contributed by atoms with van der Waals surface area (Å²) in [6.07, 6.45) is 5.91. The van der Waals surface area contributed by atoms with E-state index in [1.54, 1.807) is 6.21 Å². The number of nitrogens with zero attached hydrogens (tertiary/aromatic N) is 1. The molecule has 0 aromatic heterocycles. The van der Waals surface area contributed by atoms with Crippen molar-refractivity contribution in [1.29, 1.82) is 0 Å². The Morgan fingerprint density at radius 1 is 1.53 bits per heavy atom. The SMILES string of the molecule is CC(=O)C(N)CCCCNC(=O)C1CCC=N1. The number of aliphatic imine (C=N–C) groups is 1. The summed E-state index contributed by atoms with van der Waals surface area (Å²) in [7, 11) is 0. The summed E-state index contributed by atoms with van der Waals surface area (Å²) in [6.45, 7) is 2.14. The van der Waals surface area contributed by atoms with Crippen molar-refractivity contribution in [3.05, 3.63) is 0 Å². The zero-order chi connectivity index (χ0) is 12.7. The number of rotatable bonds is 7. The van der Waals surface area contributed by atoms with Crippen LogP contribution in [0.25, 0.3) is 0 Å². The second-order valence-electron chi connectivity index (χ2n) is 4.43. The summed E-state index contributed by atoms with van der Waals surface area (Å²) in [4.78, 5) is 26.5. The van der Waals surface area contributed by atoms with E-state index in [9.17, 15) is 9.59 Å². The smallest absolute Gasteiger partial charge is 0.244 e. The van der Waals surface area contributed by atoms with Gasteiger partial charge in [0.05, 0.1) is 6.04 Å². The molecular formula is C12H21N3O2. The number of hydrogen-bond donors (Lipinski definition) is 2. The molecule has 17 heavy (non-hydrogen) atoms. The van der Waals surface area contributed by atoms with Crippen LogP contribution in [0.15, 0.2) is 4.99 Å². The molecule has 96 valence electrons. The molecule has 2 unspecified atom stereocenters. The van der Waals surface area contributed by atoms with Crippen LogP contribution >= 0.6 is 0 Å². The lowest BCUT2D eigenvalue weighted by Crippen LogP contribution is -2.33. The van der Waals surface area contributed by atoms with Crippen LogP contribution in [-0.4, -0.2) is 36.5 Å². The fourth-order valence-electron chi connectivity index (χ4n) is 1.73. The number of ketones is 1. The Morgan fingerprint density at radius 3 is 2.88 bits per heavy atom. The van der Waals surface area contributed by atoms with E-state index in [0.29, 0.717) is 13.0 Å². The first-order valence-corrected chi connectivity index (χ1v) is 6.16. The van der Waals surface area contributed by atoms with E-state index in [2.05, 4.69) is 10.3 Å². The van der Waals surface area contributed by atoms with Gasteiger partial charge in [-0.2, -0.15) is 0 Å². The van der Waals surface area contributed by atoms with Gasteiger partial charge in [-0.1, -0.05) is 0 Å². The van der Waals surface area contributed by atoms with Gasteiger partial charge in [0.2, 0.25) is 5.91 Å². The maximum Gasteiger partial charge on any atom is 0.244 e. The Bertz CT molecular complexity index is 302. The topological polar surface area (TPSA) is 84.5 Å². The standard InChI is InChI=1S/C12H21N3O2/c1-9(16)10(13)5-2-3-7-15-12(17)11-6-4-8-14-11/h8,10-11H,2-7,13H2,1H3,(H,15,17). The molecule has 0 spiro atoms. The first-order chi connectivity index (χ1) is 8.11. The first kappa shape index (κ1) is 13.8. The van der Waals surface area contributed by atoms with Gasteiger partial charge in [0.25, 0.3) is 0 Å². The van der Waals surface area contributed by atoms with E-state index in [1.807, 2.05) is 0 Å². The van der Waals surface area contributed by atoms with E-state index >= 15 is 0 Å². The van der Waals surface area contributed by atoms with Crippen molar-refractivity contribution < 1.29 is 9.59 Å². The third-order valence-corrected chi connectivity index (χ3v) is 2.92. The minimum Gasteiger partial charge on any atom is -0.354 e. The minimum atomic E-state index is -0.356. The second-order valence-corrected chi connectivity index (χ2v) is 4.43. The molecule has 0 fully saturated rings. The molecule has 0 saturated heterocycles. The number of hydrogen-bond acceptors (Lipinski definition) is 4. The molecule has 1 heterocycles. The largest absolute Gasteiger partial charge is 0.354 e. The van der Waals surface area contributed by atoms with Crippen molar-refractivity contribution in [3.63, 3.8) is 0 Å². The first-order valence-electron chi connectivity index (χ1n) is 6.16. The number of carbonyl (C=O) groups excluding carboxylic acids is 2. The zero-order valence-electron chi connectivity index (χ0n) is 10.3. The van der Waals surface area contributed by atoms with Crippen LogP contribution in [0.3, 0.4) is 0 Å². The molecule has 0 aliphatic carbocycles. The minimum absolute atomic E-state index is 0.00890. The summed E-state index contributed by atoms with van der Waals surface area (Å²) in [5.41, 5.74) is 5.60. The van der Waals surface area contributed by atoms with Gasteiger partial charge in [-0.15, -0.1) is 0 Å². The Kier molecular flexibility index (Phi) is 5.83. The number of nitrogens with two attached hydrogens (primary N) is 1. The van der Waals surface area contributed by atoms with Crippen molar-refractivity contribution in [2.24, 2.45) is 10.7 Å². The zero-order valence-corrected chi connectivity index (χ0v) is 10.3. The maximum absolute atomic E-state index is 11.5. The number of amides is 1. The molecule has 0 aromatic carbocycles. The Labute approximate surface area is 102 Å². The van der Waals surface area contributed by atoms with Crippen LogP contribution in [-0.2, 0) is 9.59 Å². The maximum atomic E-state index is 11.5. The van der Waals surface area contributed by atoms with E-state index < -0.39 is 0 Å². The third kappa shape index (κ3) is 5.08. The summed E-state index contributed by atoms with van der Waals surface area (Å²) in [6, 6.07) is -0.542. The number of Topliss-reactive ketones (excluding diaryl/α,β-unsaturated/α-hetero) is 1. The van der Waals surface area contributed by atoms with Crippen LogP contribution in [0.5, 0.6) is 0 Å². The molecule has 0 saturated carbocycles. The van der Waals surface area contributed by atoms with E-state index in [0.717, 1.165) is 25.7 Å². The highest BCUT2D eigenvalue weighted by atomic mass is 16.2. The molecular weight excluding hydrogens is 218 g/mol. The van der Waals surface area contributed by atoms with Crippen molar-refractivity contribution in [3.8, 4) is 0 Å². The number of unbranched alkanes of at least 4 members (excludes halogenated alkanes) is 1. The lowest BCUT2D eigenvalue weighted by Gasteiger charge is -2.10. The average molecular weight is 239 g/mol. The summed E-state index contributed by atoms with van der Waals surface area (Å²) in [5.74, 6) is 0.0314. The molecule has 2 atom stereocenters. The highest BCUT2D eigenvalue weighted by Crippen LogP contribution is 2.07. The Hall–Kier alpha value is -1.23. The molecule has 1 amide bonds. The number of carbonyl (C=O) groups is 2. The van der Waals surface area contributed by atoms with Crippen LogP contribution in [0.1, 0.15) is 39.0 Å². The van der Waals surface area contributed by atoms with Crippen molar-refractivity contribution >= 4 is 17.9 Å². The van der Waals surface area contributed by atoms with Gasteiger partial charge in [-0.3, -0.25) is 14.6 Å². The summed E-state index contributed by atoms with van der Waals surface area (Å²) < 4.78 is 0. The van der Waals surface area contributed by atoms with Gasteiger partial charge < -0.3 is 11.1 Å². The quantitative estimate of drug-likeness (QED) is 0.631. The van der Waals surface area contributed by atoms with Gasteiger partial charge in [0.1, 0.15) is 11.8 Å². The lowest BCUT2D eigenvalue weighted by molar-refractivity contribution is -0.122. The molecule has 5 heteroatoms. The average Bonchev–Trinajstić information content (AvgIpc) is 2.81. The van der Waals surface area contributed by atoms with E-state index in [1.165, 1.54) is 6.92 Å². The third-order valence-electron chi connectivity index (χ3n) is 2.92. The fraction of sp³-hybridized carbons (Fsp3) is 0.750. The molecule has 1 rings (SSSR count). The highest BCUT2D eigenvalue weighted by molar-refractivity contribution is 5.85. The van der Waals surface area contributed by atoms with Crippen molar-refractivity contribution in [2.45, 2.75) is 51.1 Å². The molecule has 5 nitrogen and oxygen atoms in total. The van der Waals surface area contributed by atoms with Crippen LogP contribution < -0.4 is 11.1 Å². The van der Waals surface area contributed by atoms with Crippen molar-refractivity contribution in [1.82, 2.24) is 5.32 Å². The molecule has 3 N–H and O–H groups in total. The Balaban J connectivity index is 2.02. The van der Waals surface area contributed by atoms with Gasteiger partial charge in [0.15, 0.2) is 0 Å². The predicted molar refractivity (Wildman–Crippen MR) is 67.0 cm³/mol. The summed E-state index contributed by atoms with van der Waals surface area (Å²) >= 11 is 0. The van der Waals surface area contributed by atoms with Crippen LogP contribution in [0.2, 0.25) is 0 Å². The molecule has 0 aromatic rings. The monoisotopic (exact) mass is 239 g/mol. The predicted octanol–water partition coefficient (Wildman–Crippen LogP) is 0.422. The molecule has 1 aliphatic rings. The van der Waals surface area contributed by atoms with E-state index in [-0.39, 0.29) is 23.8 Å². The van der Waals surface area contributed by atoms with E-state index in [4.69, 9.17) is 5.73 Å². The fourth-order valence-corrected chi connectivity index (χ4v) is 1.73. The van der Waals surface area contributed by atoms with Gasteiger partial charge >= 0.3 is 0 Å². The highest BCUT2D eigenvalue weighted by Gasteiger charge is 2.18.